The molecule has 1 N–H and O–H groups in total. The van der Waals surface area contributed by atoms with E-state index in [1.807, 2.05) is 0 Å². The molecule has 0 saturated heterocycles. The summed E-state index contributed by atoms with van der Waals surface area (Å²) in [4.78, 5) is 16.5. The number of carbonyl (C=O) groups excluding carboxylic acids is 1. The number of benzene rings is 1. The van der Waals surface area contributed by atoms with E-state index in [1.54, 1.807) is 6.26 Å². The van der Waals surface area contributed by atoms with E-state index in [-0.39, 0.29) is 17.7 Å². The summed E-state index contributed by atoms with van der Waals surface area (Å²) in [6, 6.07) is 4.97. The Labute approximate surface area is 161 Å². The Morgan fingerprint density at radius 1 is 1.37 bits per heavy atom. The van der Waals surface area contributed by atoms with Crippen molar-refractivity contribution in [2.24, 2.45) is 0 Å². The molecule has 0 fully saturated rings. The Kier molecular flexibility index (Phi) is 5.38. The van der Waals surface area contributed by atoms with Crippen LogP contribution in [0.2, 0.25) is 5.02 Å². The summed E-state index contributed by atoms with van der Waals surface area (Å²) in [5, 5.41) is 7.10. The fourth-order valence-corrected chi connectivity index (χ4v) is 3.17. The van der Waals surface area contributed by atoms with Gasteiger partial charge in [-0.25, -0.2) is 9.48 Å². The smallest absolute Gasteiger partial charge is 0.431 e. The number of allylic oxidation sites excluding steroid dienone is 1. The first kappa shape index (κ1) is 19.6. The number of carbonyl (C=O) groups is 1. The molecule has 0 radical (unpaired) electrons. The van der Waals surface area contributed by atoms with Crippen LogP contribution >= 0.6 is 23.4 Å². The van der Waals surface area contributed by atoms with Crippen LogP contribution in [0.3, 0.4) is 0 Å². The fourth-order valence-electron chi connectivity index (χ4n) is 2.69. The van der Waals surface area contributed by atoms with Gasteiger partial charge in [0.25, 0.3) is 0 Å². The molecule has 11 heteroatoms. The van der Waals surface area contributed by atoms with Crippen molar-refractivity contribution in [3.8, 4) is 0 Å². The number of hydrogen-bond acceptors (Lipinski definition) is 6. The Morgan fingerprint density at radius 3 is 2.59 bits per heavy atom. The van der Waals surface area contributed by atoms with Gasteiger partial charge in [0.1, 0.15) is 11.7 Å². The largest absolute Gasteiger partial charge is 0.463 e. The van der Waals surface area contributed by atoms with Crippen LogP contribution in [0, 0.1) is 0 Å². The maximum absolute atomic E-state index is 13.7. The Balaban J connectivity index is 2.26. The minimum Gasteiger partial charge on any atom is -0.463 e. The van der Waals surface area contributed by atoms with E-state index in [2.05, 4.69) is 15.4 Å². The molecule has 0 bridgehead atoms. The minimum atomic E-state index is -4.82. The summed E-state index contributed by atoms with van der Waals surface area (Å²) < 4.78 is 47.3. The molecule has 3 rings (SSSR count). The van der Waals surface area contributed by atoms with Gasteiger partial charge in [-0.15, -0.1) is 5.10 Å². The highest BCUT2D eigenvalue weighted by Gasteiger charge is 2.46. The van der Waals surface area contributed by atoms with Gasteiger partial charge in [-0.3, -0.25) is 0 Å². The van der Waals surface area contributed by atoms with Crippen LogP contribution in [0.15, 0.2) is 40.7 Å². The third-order valence-corrected chi connectivity index (χ3v) is 4.57. The lowest BCUT2D eigenvalue weighted by Gasteiger charge is -2.30. The van der Waals surface area contributed by atoms with Crippen molar-refractivity contribution in [1.82, 2.24) is 14.8 Å². The lowest BCUT2D eigenvalue weighted by Crippen LogP contribution is -2.35. The lowest BCUT2D eigenvalue weighted by molar-refractivity contribution is -0.140. The van der Waals surface area contributed by atoms with Crippen molar-refractivity contribution in [3.05, 3.63) is 46.1 Å². The van der Waals surface area contributed by atoms with Gasteiger partial charge in [0.2, 0.25) is 11.1 Å². The number of rotatable bonds is 4. The number of fused-ring (bicyclic) bond motifs is 1. The van der Waals surface area contributed by atoms with Crippen molar-refractivity contribution in [3.63, 3.8) is 0 Å². The van der Waals surface area contributed by atoms with Crippen molar-refractivity contribution in [1.29, 1.82) is 0 Å². The van der Waals surface area contributed by atoms with E-state index in [0.717, 1.165) is 0 Å². The van der Waals surface area contributed by atoms with Gasteiger partial charge in [-0.05, 0) is 30.9 Å². The molecule has 0 amide bonds. The molecule has 1 aromatic heterocycles. The Morgan fingerprint density at radius 2 is 2.04 bits per heavy atom. The lowest BCUT2D eigenvalue weighted by atomic mass is 9.95. The van der Waals surface area contributed by atoms with E-state index in [4.69, 9.17) is 16.3 Å². The topological polar surface area (TPSA) is 69.0 Å². The number of aromatic nitrogens is 3. The van der Waals surface area contributed by atoms with Crippen molar-refractivity contribution < 1.29 is 22.7 Å². The first-order chi connectivity index (χ1) is 12.8. The molecule has 6 nitrogen and oxygen atoms in total. The predicted molar refractivity (Wildman–Crippen MR) is 94.7 cm³/mol. The zero-order valence-electron chi connectivity index (χ0n) is 14.2. The van der Waals surface area contributed by atoms with Crippen molar-refractivity contribution in [2.45, 2.75) is 24.3 Å². The predicted octanol–water partition coefficient (Wildman–Crippen LogP) is 4.05. The number of nitrogens with one attached hydrogen (secondary N) is 1. The second-order valence-corrected chi connectivity index (χ2v) is 6.66. The van der Waals surface area contributed by atoms with Gasteiger partial charge >= 0.3 is 12.1 Å². The van der Waals surface area contributed by atoms with Crippen LogP contribution in [0.4, 0.5) is 19.1 Å². The van der Waals surface area contributed by atoms with E-state index >= 15 is 0 Å². The number of anilines is 1. The standard InChI is InChI=1S/C16H14ClF3N4O2S/c1-3-26-13(25)10-11(8-4-6-9(17)7-5-8)24-14(22-15(23-24)27-2)21-12(10)16(18,19)20/h4-7,11H,3H2,1-2H3,(H,21,22,23). The van der Waals surface area contributed by atoms with Crippen LogP contribution in [0.1, 0.15) is 18.5 Å². The zero-order chi connectivity index (χ0) is 19.8. The number of ether oxygens (including phenoxy) is 1. The summed E-state index contributed by atoms with van der Waals surface area (Å²) in [7, 11) is 0. The molecule has 1 aliphatic rings. The molecular formula is C16H14ClF3N4O2S. The van der Waals surface area contributed by atoms with E-state index < -0.39 is 29.5 Å². The van der Waals surface area contributed by atoms with Crippen molar-refractivity contribution >= 4 is 35.3 Å². The fraction of sp³-hybridized carbons (Fsp3) is 0.312. The van der Waals surface area contributed by atoms with Gasteiger partial charge in [0.15, 0.2) is 0 Å². The molecule has 1 aliphatic heterocycles. The molecule has 1 unspecified atom stereocenters. The van der Waals surface area contributed by atoms with Gasteiger partial charge in [-0.2, -0.15) is 18.2 Å². The Hall–Kier alpha value is -2.20. The second-order valence-electron chi connectivity index (χ2n) is 5.45. The molecule has 0 aliphatic carbocycles. The van der Waals surface area contributed by atoms with E-state index in [9.17, 15) is 18.0 Å². The number of alkyl halides is 3. The molecule has 27 heavy (non-hydrogen) atoms. The number of nitrogens with zero attached hydrogens (tertiary/aromatic N) is 3. The summed E-state index contributed by atoms with van der Waals surface area (Å²) in [5.41, 5.74) is -1.41. The van der Waals surface area contributed by atoms with Gasteiger partial charge < -0.3 is 10.1 Å². The molecule has 1 aromatic carbocycles. The summed E-state index contributed by atoms with van der Waals surface area (Å²) in [6.07, 6.45) is -3.12. The second kappa shape index (κ2) is 7.43. The maximum Gasteiger partial charge on any atom is 0.431 e. The highest BCUT2D eigenvalue weighted by Crippen LogP contribution is 2.42. The van der Waals surface area contributed by atoms with Crippen LogP contribution in [0.5, 0.6) is 0 Å². The van der Waals surface area contributed by atoms with Crippen LogP contribution in [0.25, 0.3) is 0 Å². The van der Waals surface area contributed by atoms with E-state index in [0.29, 0.717) is 10.6 Å². The summed E-state index contributed by atoms with van der Waals surface area (Å²) in [5.74, 6) is -1.19. The highest BCUT2D eigenvalue weighted by molar-refractivity contribution is 7.98. The third kappa shape index (κ3) is 3.77. The normalized spacial score (nSPS) is 16.7. The quantitative estimate of drug-likeness (QED) is 0.596. The number of esters is 1. The first-order valence-electron chi connectivity index (χ1n) is 7.77. The monoisotopic (exact) mass is 418 g/mol. The van der Waals surface area contributed by atoms with Crippen LogP contribution in [-0.4, -0.2) is 39.8 Å². The summed E-state index contributed by atoms with van der Waals surface area (Å²) >= 11 is 7.06. The Bertz CT molecular complexity index is 896. The van der Waals surface area contributed by atoms with Crippen LogP contribution < -0.4 is 5.32 Å². The van der Waals surface area contributed by atoms with Gasteiger partial charge in [-0.1, -0.05) is 35.5 Å². The molecule has 144 valence electrons. The molecule has 0 saturated carbocycles. The van der Waals surface area contributed by atoms with E-state index in [1.165, 1.54) is 47.6 Å². The molecule has 2 aromatic rings. The number of thioether (sulfide) groups is 1. The van der Waals surface area contributed by atoms with Crippen molar-refractivity contribution in [2.75, 3.05) is 18.2 Å². The van der Waals surface area contributed by atoms with Crippen LogP contribution in [-0.2, 0) is 9.53 Å². The zero-order valence-corrected chi connectivity index (χ0v) is 15.7. The number of halogens is 4. The first-order valence-corrected chi connectivity index (χ1v) is 9.38. The molecule has 1 atom stereocenters. The third-order valence-electron chi connectivity index (χ3n) is 3.78. The summed E-state index contributed by atoms with van der Waals surface area (Å²) in [6.45, 7) is 1.45. The average molecular weight is 419 g/mol. The SMILES string of the molecule is CCOC(=O)C1=C(C(F)(F)F)Nc2nc(SC)nn2C1c1ccc(Cl)cc1. The van der Waals surface area contributed by atoms with Gasteiger partial charge in [0.05, 0.1) is 12.2 Å². The average Bonchev–Trinajstić information content (AvgIpc) is 3.03. The molecule has 2 heterocycles. The minimum absolute atomic E-state index is 0.0684. The molecular weight excluding hydrogens is 405 g/mol. The molecule has 0 spiro atoms. The highest BCUT2D eigenvalue weighted by atomic mass is 35.5. The van der Waals surface area contributed by atoms with Gasteiger partial charge in [0, 0.05) is 5.02 Å². The maximum atomic E-state index is 13.7. The number of hydrogen-bond donors (Lipinski definition) is 1.